The van der Waals surface area contributed by atoms with Crippen LogP contribution in [0.2, 0.25) is 0 Å². The zero-order chi connectivity index (χ0) is 19.2. The van der Waals surface area contributed by atoms with Crippen molar-refractivity contribution >= 4 is 21.6 Å². The highest BCUT2D eigenvalue weighted by molar-refractivity contribution is 7.88. The number of benzene rings is 2. The molecular weight excluding hydrogens is 352 g/mol. The summed E-state index contributed by atoms with van der Waals surface area (Å²) >= 11 is 0. The van der Waals surface area contributed by atoms with E-state index < -0.39 is 10.0 Å². The van der Waals surface area contributed by atoms with Gasteiger partial charge in [0.1, 0.15) is 5.75 Å². The van der Waals surface area contributed by atoms with Crippen LogP contribution < -0.4 is 10.1 Å². The van der Waals surface area contributed by atoms with Gasteiger partial charge in [-0.1, -0.05) is 29.8 Å². The Morgan fingerprint density at radius 3 is 2.23 bits per heavy atom. The fourth-order valence-electron chi connectivity index (χ4n) is 2.38. The standard InChI is InChI=1S/C19H24N2O4S/c1-15-4-8-17(9-5-15)20-19(22)12-13-21(26(3,23)24)14-16-6-10-18(25-2)11-7-16/h4-11H,12-14H2,1-3H3,(H,20,22). The first-order valence-electron chi connectivity index (χ1n) is 8.22. The molecule has 7 heteroatoms. The predicted octanol–water partition coefficient (Wildman–Crippen LogP) is 2.79. The Labute approximate surface area is 154 Å². The van der Waals surface area contributed by atoms with Crippen LogP contribution in [0.5, 0.6) is 5.75 Å². The van der Waals surface area contributed by atoms with Crippen LogP contribution in [0.4, 0.5) is 5.69 Å². The molecule has 0 spiro atoms. The molecule has 26 heavy (non-hydrogen) atoms. The van der Waals surface area contributed by atoms with Gasteiger partial charge in [0.2, 0.25) is 15.9 Å². The summed E-state index contributed by atoms with van der Waals surface area (Å²) < 4.78 is 30.5. The monoisotopic (exact) mass is 376 g/mol. The molecule has 1 amide bonds. The van der Waals surface area contributed by atoms with Crippen molar-refractivity contribution < 1.29 is 17.9 Å². The van der Waals surface area contributed by atoms with E-state index in [9.17, 15) is 13.2 Å². The first-order valence-corrected chi connectivity index (χ1v) is 10.1. The topological polar surface area (TPSA) is 75.7 Å². The van der Waals surface area contributed by atoms with Crippen LogP contribution in [0.25, 0.3) is 0 Å². The van der Waals surface area contributed by atoms with Crippen LogP contribution in [0, 0.1) is 6.92 Å². The van der Waals surface area contributed by atoms with Crippen LogP contribution in [-0.4, -0.2) is 38.5 Å². The normalized spacial score (nSPS) is 11.4. The number of hydrogen-bond donors (Lipinski definition) is 1. The molecule has 0 aliphatic heterocycles. The molecule has 140 valence electrons. The molecule has 2 aromatic rings. The molecule has 0 bridgehead atoms. The molecule has 2 aromatic carbocycles. The lowest BCUT2D eigenvalue weighted by atomic mass is 10.2. The number of carbonyl (C=O) groups is 1. The van der Waals surface area contributed by atoms with E-state index in [1.54, 1.807) is 19.2 Å². The third-order valence-corrected chi connectivity index (χ3v) is 5.16. The average molecular weight is 376 g/mol. The Kier molecular flexibility index (Phi) is 6.76. The maximum atomic E-state index is 12.1. The van der Waals surface area contributed by atoms with Gasteiger partial charge in [0.25, 0.3) is 0 Å². The summed E-state index contributed by atoms with van der Waals surface area (Å²) in [4.78, 5) is 12.1. The van der Waals surface area contributed by atoms with Gasteiger partial charge in [0.05, 0.1) is 13.4 Å². The van der Waals surface area contributed by atoms with Crippen LogP contribution in [0.3, 0.4) is 0 Å². The van der Waals surface area contributed by atoms with Gasteiger partial charge in [0, 0.05) is 25.2 Å². The van der Waals surface area contributed by atoms with Crippen molar-refractivity contribution in [2.45, 2.75) is 19.9 Å². The van der Waals surface area contributed by atoms with E-state index in [2.05, 4.69) is 5.32 Å². The maximum Gasteiger partial charge on any atom is 0.225 e. The second-order valence-electron chi connectivity index (χ2n) is 6.11. The minimum atomic E-state index is -3.43. The Hall–Kier alpha value is -2.38. The second kappa shape index (κ2) is 8.82. The van der Waals surface area contributed by atoms with Crippen molar-refractivity contribution in [2.75, 3.05) is 25.2 Å². The van der Waals surface area contributed by atoms with Crippen molar-refractivity contribution in [3.8, 4) is 5.75 Å². The van der Waals surface area contributed by atoms with Gasteiger partial charge in [-0.25, -0.2) is 8.42 Å². The maximum absolute atomic E-state index is 12.1. The summed E-state index contributed by atoms with van der Waals surface area (Å²) in [5.41, 5.74) is 2.63. The van der Waals surface area contributed by atoms with Crippen molar-refractivity contribution in [1.82, 2.24) is 4.31 Å². The van der Waals surface area contributed by atoms with Gasteiger partial charge in [-0.05, 0) is 36.8 Å². The second-order valence-corrected chi connectivity index (χ2v) is 8.09. The van der Waals surface area contributed by atoms with E-state index in [4.69, 9.17) is 4.74 Å². The Bertz CT molecular complexity index is 831. The zero-order valence-electron chi connectivity index (χ0n) is 15.2. The molecule has 6 nitrogen and oxygen atoms in total. The molecule has 2 rings (SSSR count). The number of methoxy groups -OCH3 is 1. The number of aryl methyl sites for hydroxylation is 1. The molecule has 0 fully saturated rings. The summed E-state index contributed by atoms with van der Waals surface area (Å²) in [6.07, 6.45) is 1.23. The fourth-order valence-corrected chi connectivity index (χ4v) is 3.19. The van der Waals surface area contributed by atoms with E-state index in [1.807, 2.05) is 43.3 Å². The van der Waals surface area contributed by atoms with E-state index >= 15 is 0 Å². The van der Waals surface area contributed by atoms with Crippen molar-refractivity contribution in [3.63, 3.8) is 0 Å². The van der Waals surface area contributed by atoms with Crippen LogP contribution in [0.1, 0.15) is 17.5 Å². The summed E-state index contributed by atoms with van der Waals surface area (Å²) in [5, 5.41) is 2.78. The molecule has 0 radical (unpaired) electrons. The van der Waals surface area contributed by atoms with Crippen molar-refractivity contribution in [3.05, 3.63) is 59.7 Å². The number of sulfonamides is 1. The lowest BCUT2D eigenvalue weighted by molar-refractivity contribution is -0.116. The molecule has 0 saturated carbocycles. The van der Waals surface area contributed by atoms with Crippen molar-refractivity contribution in [1.29, 1.82) is 0 Å². The summed E-state index contributed by atoms with van der Waals surface area (Å²) in [7, 11) is -1.86. The molecule has 1 N–H and O–H groups in total. The lowest BCUT2D eigenvalue weighted by Crippen LogP contribution is -2.32. The van der Waals surface area contributed by atoms with Gasteiger partial charge >= 0.3 is 0 Å². The molecule has 0 unspecified atom stereocenters. The van der Waals surface area contributed by atoms with E-state index in [-0.39, 0.29) is 25.4 Å². The quantitative estimate of drug-likeness (QED) is 0.769. The summed E-state index contributed by atoms with van der Waals surface area (Å²) in [5.74, 6) is 0.481. The SMILES string of the molecule is COc1ccc(CN(CCC(=O)Nc2ccc(C)cc2)S(C)(=O)=O)cc1. The fraction of sp³-hybridized carbons (Fsp3) is 0.316. The third kappa shape index (κ3) is 6.16. The first-order chi connectivity index (χ1) is 12.3. The Morgan fingerprint density at radius 2 is 1.69 bits per heavy atom. The molecule has 0 saturated heterocycles. The minimum Gasteiger partial charge on any atom is -0.497 e. The number of hydrogen-bond acceptors (Lipinski definition) is 4. The highest BCUT2D eigenvalue weighted by Gasteiger charge is 2.18. The first kappa shape index (κ1) is 19.9. The van der Waals surface area contributed by atoms with Crippen LogP contribution in [0.15, 0.2) is 48.5 Å². The van der Waals surface area contributed by atoms with Gasteiger partial charge in [-0.15, -0.1) is 0 Å². The molecule has 0 aliphatic carbocycles. The molecule has 0 aliphatic rings. The minimum absolute atomic E-state index is 0.0805. The van der Waals surface area contributed by atoms with Crippen molar-refractivity contribution in [2.24, 2.45) is 0 Å². The predicted molar refractivity (Wildman–Crippen MR) is 103 cm³/mol. The number of nitrogens with zero attached hydrogens (tertiary/aromatic N) is 1. The third-order valence-electron chi connectivity index (χ3n) is 3.91. The largest absolute Gasteiger partial charge is 0.497 e. The highest BCUT2D eigenvalue weighted by Crippen LogP contribution is 2.15. The highest BCUT2D eigenvalue weighted by atomic mass is 32.2. The number of nitrogens with one attached hydrogen (secondary N) is 1. The number of anilines is 1. The number of carbonyl (C=O) groups excluding carboxylic acids is 1. The van der Waals surface area contributed by atoms with Crippen LogP contribution in [-0.2, 0) is 21.4 Å². The molecule has 0 heterocycles. The van der Waals surface area contributed by atoms with E-state index in [1.165, 1.54) is 4.31 Å². The van der Waals surface area contributed by atoms with E-state index in [0.29, 0.717) is 11.4 Å². The molecule has 0 aromatic heterocycles. The lowest BCUT2D eigenvalue weighted by Gasteiger charge is -2.20. The smallest absolute Gasteiger partial charge is 0.225 e. The van der Waals surface area contributed by atoms with E-state index in [0.717, 1.165) is 17.4 Å². The zero-order valence-corrected chi connectivity index (χ0v) is 16.0. The Morgan fingerprint density at radius 1 is 1.08 bits per heavy atom. The molecule has 0 atom stereocenters. The van der Waals surface area contributed by atoms with Crippen LogP contribution >= 0.6 is 0 Å². The summed E-state index contributed by atoms with van der Waals surface area (Å²) in [6.45, 7) is 2.29. The average Bonchev–Trinajstić information content (AvgIpc) is 2.60. The number of ether oxygens (including phenoxy) is 1. The van der Waals surface area contributed by atoms with Gasteiger partial charge in [-0.3, -0.25) is 4.79 Å². The Balaban J connectivity index is 1.96. The molecular formula is C19H24N2O4S. The van der Waals surface area contributed by atoms with Gasteiger partial charge in [0.15, 0.2) is 0 Å². The number of amides is 1. The van der Waals surface area contributed by atoms with Gasteiger partial charge in [-0.2, -0.15) is 4.31 Å². The van der Waals surface area contributed by atoms with Gasteiger partial charge < -0.3 is 10.1 Å². The summed E-state index contributed by atoms with van der Waals surface area (Å²) in [6, 6.07) is 14.6. The number of rotatable bonds is 8.